The summed E-state index contributed by atoms with van der Waals surface area (Å²) in [7, 11) is 0. The minimum Gasteiger partial charge on any atom is -0.437 e. The van der Waals surface area contributed by atoms with Crippen LogP contribution in [0.5, 0.6) is 11.6 Å². The maximum atomic E-state index is 6.09. The second kappa shape index (κ2) is 6.77. The molecule has 0 saturated carbocycles. The summed E-state index contributed by atoms with van der Waals surface area (Å²) in [5, 5.41) is 3.97. The van der Waals surface area contributed by atoms with E-state index < -0.39 is 0 Å². The normalized spacial score (nSPS) is 11.5. The van der Waals surface area contributed by atoms with Gasteiger partial charge >= 0.3 is 0 Å². The van der Waals surface area contributed by atoms with E-state index in [4.69, 9.17) is 16.3 Å². The van der Waals surface area contributed by atoms with Crippen LogP contribution < -0.4 is 10.1 Å². The van der Waals surface area contributed by atoms with Crippen LogP contribution in [0, 0.1) is 0 Å². The van der Waals surface area contributed by atoms with Crippen molar-refractivity contribution in [3.8, 4) is 11.6 Å². The minimum absolute atomic E-state index is 0.0824. The van der Waals surface area contributed by atoms with Gasteiger partial charge in [0.2, 0.25) is 5.88 Å². The summed E-state index contributed by atoms with van der Waals surface area (Å²) in [5.74, 6) is 1.11. The highest BCUT2D eigenvalue weighted by Crippen LogP contribution is 2.31. The quantitative estimate of drug-likeness (QED) is 0.806. The molecule has 0 bridgehead atoms. The zero-order valence-corrected chi connectivity index (χ0v) is 14.6. The van der Waals surface area contributed by atoms with E-state index in [2.05, 4.69) is 47.0 Å². The predicted octanol–water partition coefficient (Wildman–Crippen LogP) is 5.18. The summed E-state index contributed by atoms with van der Waals surface area (Å²) in [6.45, 7) is 7.17. The van der Waals surface area contributed by atoms with Crippen molar-refractivity contribution in [2.45, 2.75) is 32.9 Å². The Balaban J connectivity index is 2.04. The van der Waals surface area contributed by atoms with Crippen molar-refractivity contribution in [2.24, 2.45) is 0 Å². The van der Waals surface area contributed by atoms with Crippen LogP contribution in [0.4, 0.5) is 0 Å². The van der Waals surface area contributed by atoms with Crippen molar-refractivity contribution >= 4 is 27.5 Å². The van der Waals surface area contributed by atoms with Gasteiger partial charge in [0.1, 0.15) is 5.75 Å². The Labute approximate surface area is 138 Å². The molecule has 5 heteroatoms. The maximum Gasteiger partial charge on any atom is 0.219 e. The van der Waals surface area contributed by atoms with Crippen molar-refractivity contribution in [3.63, 3.8) is 0 Å². The molecule has 1 N–H and O–H groups in total. The summed E-state index contributed by atoms with van der Waals surface area (Å²) in [6.07, 6.45) is 1.81. The van der Waals surface area contributed by atoms with Gasteiger partial charge in [0.15, 0.2) is 0 Å². The Morgan fingerprint density at radius 1 is 1.24 bits per heavy atom. The maximum absolute atomic E-state index is 6.09. The molecule has 1 aromatic heterocycles. The molecule has 21 heavy (non-hydrogen) atoms. The number of benzene rings is 1. The number of hydrogen-bond acceptors (Lipinski definition) is 3. The number of nitrogens with zero attached hydrogens (tertiary/aromatic N) is 1. The van der Waals surface area contributed by atoms with Crippen LogP contribution in [0.15, 0.2) is 41.0 Å². The Morgan fingerprint density at radius 3 is 2.62 bits per heavy atom. The van der Waals surface area contributed by atoms with Crippen molar-refractivity contribution in [2.75, 3.05) is 0 Å². The SMILES string of the molecule is CC(C)(C)NCc1ccc(Oc2cc(Br)ccc2Cl)nc1. The highest BCUT2D eigenvalue weighted by Gasteiger charge is 2.09. The summed E-state index contributed by atoms with van der Waals surface area (Å²) < 4.78 is 6.61. The van der Waals surface area contributed by atoms with E-state index in [9.17, 15) is 0 Å². The molecule has 0 saturated heterocycles. The molecular formula is C16H18BrClN2O. The van der Waals surface area contributed by atoms with Crippen LogP contribution >= 0.6 is 27.5 Å². The molecule has 2 aromatic rings. The first-order valence-electron chi connectivity index (χ1n) is 6.66. The van der Waals surface area contributed by atoms with Crippen LogP contribution in [0.25, 0.3) is 0 Å². The number of hydrogen-bond donors (Lipinski definition) is 1. The topological polar surface area (TPSA) is 34.1 Å². The van der Waals surface area contributed by atoms with Gasteiger partial charge in [-0.05, 0) is 44.5 Å². The molecule has 0 fully saturated rings. The van der Waals surface area contributed by atoms with E-state index in [1.54, 1.807) is 12.3 Å². The monoisotopic (exact) mass is 368 g/mol. The molecular weight excluding hydrogens is 352 g/mol. The number of pyridine rings is 1. The van der Waals surface area contributed by atoms with Gasteiger partial charge in [-0.1, -0.05) is 33.6 Å². The van der Waals surface area contributed by atoms with Crippen molar-refractivity contribution in [3.05, 3.63) is 51.6 Å². The summed E-state index contributed by atoms with van der Waals surface area (Å²) in [5.41, 5.74) is 1.19. The molecule has 0 radical (unpaired) electrons. The Morgan fingerprint density at radius 2 is 2.00 bits per heavy atom. The number of halogens is 2. The minimum atomic E-state index is 0.0824. The summed E-state index contributed by atoms with van der Waals surface area (Å²) in [6, 6.07) is 9.30. The molecule has 1 heterocycles. The molecule has 3 nitrogen and oxygen atoms in total. The lowest BCUT2D eigenvalue weighted by Crippen LogP contribution is -2.35. The smallest absolute Gasteiger partial charge is 0.219 e. The molecule has 0 amide bonds. The van der Waals surface area contributed by atoms with Crippen LogP contribution in [0.2, 0.25) is 5.02 Å². The van der Waals surface area contributed by atoms with E-state index in [1.807, 2.05) is 24.3 Å². The van der Waals surface area contributed by atoms with Crippen molar-refractivity contribution in [1.82, 2.24) is 10.3 Å². The van der Waals surface area contributed by atoms with Gasteiger partial charge in [0, 0.05) is 28.8 Å². The standard InChI is InChI=1S/C16H18BrClN2O/c1-16(2,3)20-10-11-4-7-15(19-9-11)21-14-8-12(17)5-6-13(14)18/h4-9,20H,10H2,1-3H3. The lowest BCUT2D eigenvalue weighted by molar-refractivity contribution is 0.423. The molecule has 1 aromatic carbocycles. The number of ether oxygens (including phenoxy) is 1. The van der Waals surface area contributed by atoms with E-state index >= 15 is 0 Å². The molecule has 112 valence electrons. The van der Waals surface area contributed by atoms with Gasteiger partial charge in [0.05, 0.1) is 5.02 Å². The fraction of sp³-hybridized carbons (Fsp3) is 0.312. The third-order valence-corrected chi connectivity index (χ3v) is 3.53. The van der Waals surface area contributed by atoms with Crippen LogP contribution in [-0.4, -0.2) is 10.5 Å². The molecule has 0 unspecified atom stereocenters. The second-order valence-corrected chi connectivity index (χ2v) is 7.11. The third kappa shape index (κ3) is 5.30. The average molecular weight is 370 g/mol. The summed E-state index contributed by atoms with van der Waals surface area (Å²) >= 11 is 9.49. The highest BCUT2D eigenvalue weighted by molar-refractivity contribution is 9.10. The Hall–Kier alpha value is -1.10. The van der Waals surface area contributed by atoms with Gasteiger partial charge < -0.3 is 10.1 Å². The molecule has 0 aliphatic heterocycles. The molecule has 2 rings (SSSR count). The molecule has 0 aliphatic rings. The zero-order chi connectivity index (χ0) is 15.5. The average Bonchev–Trinajstić information content (AvgIpc) is 2.41. The highest BCUT2D eigenvalue weighted by atomic mass is 79.9. The Kier molecular flexibility index (Phi) is 5.25. The van der Waals surface area contributed by atoms with Crippen LogP contribution in [0.3, 0.4) is 0 Å². The van der Waals surface area contributed by atoms with E-state index in [1.165, 1.54) is 0 Å². The van der Waals surface area contributed by atoms with Gasteiger partial charge in [0.25, 0.3) is 0 Å². The first-order valence-corrected chi connectivity index (χ1v) is 7.83. The van der Waals surface area contributed by atoms with Crippen LogP contribution in [0.1, 0.15) is 26.3 Å². The van der Waals surface area contributed by atoms with E-state index in [0.29, 0.717) is 16.7 Å². The van der Waals surface area contributed by atoms with E-state index in [-0.39, 0.29) is 5.54 Å². The van der Waals surface area contributed by atoms with Crippen molar-refractivity contribution in [1.29, 1.82) is 0 Å². The molecule has 0 aliphatic carbocycles. The fourth-order valence-corrected chi connectivity index (χ4v) is 2.11. The molecule has 0 spiro atoms. The van der Waals surface area contributed by atoms with Crippen LogP contribution in [-0.2, 0) is 6.54 Å². The second-order valence-electron chi connectivity index (χ2n) is 5.79. The van der Waals surface area contributed by atoms with Gasteiger partial charge in [-0.25, -0.2) is 4.98 Å². The third-order valence-electron chi connectivity index (χ3n) is 2.73. The number of aromatic nitrogens is 1. The first kappa shape index (κ1) is 16.3. The van der Waals surface area contributed by atoms with Gasteiger partial charge in [-0.15, -0.1) is 0 Å². The fourth-order valence-electron chi connectivity index (χ4n) is 1.61. The zero-order valence-electron chi connectivity index (χ0n) is 12.3. The first-order chi connectivity index (χ1) is 9.83. The molecule has 0 atom stereocenters. The largest absolute Gasteiger partial charge is 0.437 e. The lowest BCUT2D eigenvalue weighted by atomic mass is 10.1. The van der Waals surface area contributed by atoms with E-state index in [0.717, 1.165) is 16.6 Å². The number of nitrogens with one attached hydrogen (secondary N) is 1. The summed E-state index contributed by atoms with van der Waals surface area (Å²) in [4.78, 5) is 4.31. The number of rotatable bonds is 4. The predicted molar refractivity (Wildman–Crippen MR) is 90.1 cm³/mol. The van der Waals surface area contributed by atoms with Gasteiger partial charge in [-0.3, -0.25) is 0 Å². The van der Waals surface area contributed by atoms with Gasteiger partial charge in [-0.2, -0.15) is 0 Å². The van der Waals surface area contributed by atoms with Crippen molar-refractivity contribution < 1.29 is 4.74 Å². The lowest BCUT2D eigenvalue weighted by Gasteiger charge is -2.20. The Bertz CT molecular complexity index is 609.